The Labute approximate surface area is 139 Å². The molecule has 3 rings (SSSR count). The number of carboxylic acid groups (broad SMARTS) is 1. The first-order valence-corrected chi connectivity index (χ1v) is 8.06. The molecule has 0 saturated carbocycles. The number of nitrogens with zero attached hydrogens (tertiary/aromatic N) is 1. The van der Waals surface area contributed by atoms with Crippen LogP contribution in [0.1, 0.15) is 26.2 Å². The third-order valence-corrected chi connectivity index (χ3v) is 4.69. The van der Waals surface area contributed by atoms with Crippen LogP contribution in [0.4, 0.5) is 5.69 Å². The third-order valence-electron chi connectivity index (χ3n) is 4.69. The molecule has 2 amide bonds. The molecular weight excluding hydrogens is 312 g/mol. The third kappa shape index (κ3) is 3.06. The second-order valence-corrected chi connectivity index (χ2v) is 6.21. The highest BCUT2D eigenvalue weighted by atomic mass is 16.5. The minimum absolute atomic E-state index is 0.100. The molecule has 0 radical (unpaired) electrons. The fourth-order valence-corrected chi connectivity index (χ4v) is 3.33. The number of carboxylic acids is 1. The molecule has 7 heteroatoms. The summed E-state index contributed by atoms with van der Waals surface area (Å²) < 4.78 is 5.64. The predicted molar refractivity (Wildman–Crippen MR) is 85.6 cm³/mol. The zero-order valence-corrected chi connectivity index (χ0v) is 13.4. The van der Waals surface area contributed by atoms with E-state index in [2.05, 4.69) is 5.32 Å². The van der Waals surface area contributed by atoms with Crippen molar-refractivity contribution >= 4 is 23.5 Å². The summed E-state index contributed by atoms with van der Waals surface area (Å²) in [6.07, 6.45) is 0.211. The number of piperidine rings is 1. The Kier molecular flexibility index (Phi) is 4.42. The molecule has 1 saturated heterocycles. The minimum atomic E-state index is -0.898. The van der Waals surface area contributed by atoms with Gasteiger partial charge in [0.2, 0.25) is 5.91 Å². The van der Waals surface area contributed by atoms with E-state index in [4.69, 9.17) is 4.74 Å². The standard InChI is InChI=1S/C17H20N2O5/c1-10-11(17(22)23)5-4-8-19(10)15(20)9-14-16(21)18-12-6-2-3-7-13(12)24-14/h2-3,6-7,10-11,14H,4-5,8-9H2,1H3,(H,18,21)(H,22,23)/t10-,11-,14?/m1/s1. The molecule has 0 bridgehead atoms. The van der Waals surface area contributed by atoms with Crippen LogP contribution in [0, 0.1) is 5.92 Å². The maximum absolute atomic E-state index is 12.6. The minimum Gasteiger partial charge on any atom is -0.481 e. The number of nitrogens with one attached hydrogen (secondary N) is 1. The van der Waals surface area contributed by atoms with Crippen molar-refractivity contribution in [1.29, 1.82) is 0 Å². The Morgan fingerprint density at radius 2 is 2.12 bits per heavy atom. The molecule has 0 aromatic heterocycles. The van der Waals surface area contributed by atoms with Gasteiger partial charge in [-0.3, -0.25) is 14.4 Å². The van der Waals surface area contributed by atoms with Crippen LogP contribution >= 0.6 is 0 Å². The highest BCUT2D eigenvalue weighted by molar-refractivity contribution is 6.00. The topological polar surface area (TPSA) is 95.9 Å². The van der Waals surface area contributed by atoms with Gasteiger partial charge in [-0.25, -0.2) is 0 Å². The molecule has 7 nitrogen and oxygen atoms in total. The first-order valence-electron chi connectivity index (χ1n) is 8.06. The lowest BCUT2D eigenvalue weighted by Gasteiger charge is -2.38. The molecule has 1 aromatic rings. The van der Waals surface area contributed by atoms with Gasteiger partial charge in [0.05, 0.1) is 18.0 Å². The number of amides is 2. The molecule has 1 fully saturated rings. The monoisotopic (exact) mass is 332 g/mol. The lowest BCUT2D eigenvalue weighted by Crippen LogP contribution is -2.51. The number of hydrogen-bond acceptors (Lipinski definition) is 4. The van der Waals surface area contributed by atoms with Crippen LogP contribution in [-0.4, -0.2) is 46.5 Å². The van der Waals surface area contributed by atoms with Crippen molar-refractivity contribution in [1.82, 2.24) is 4.90 Å². The van der Waals surface area contributed by atoms with Crippen molar-refractivity contribution < 1.29 is 24.2 Å². The summed E-state index contributed by atoms with van der Waals surface area (Å²) in [5.74, 6) is -1.54. The Balaban J connectivity index is 1.68. The van der Waals surface area contributed by atoms with Crippen LogP contribution in [-0.2, 0) is 14.4 Å². The van der Waals surface area contributed by atoms with Gasteiger partial charge < -0.3 is 20.1 Å². The van der Waals surface area contributed by atoms with Crippen molar-refractivity contribution in [3.63, 3.8) is 0 Å². The molecule has 1 unspecified atom stereocenters. The number of carbonyl (C=O) groups is 3. The predicted octanol–water partition coefficient (Wildman–Crippen LogP) is 1.49. The van der Waals surface area contributed by atoms with E-state index in [1.807, 2.05) is 0 Å². The number of fused-ring (bicyclic) bond motifs is 1. The lowest BCUT2D eigenvalue weighted by molar-refractivity contribution is -0.150. The van der Waals surface area contributed by atoms with Crippen molar-refractivity contribution in [3.8, 4) is 5.75 Å². The number of para-hydroxylation sites is 2. The first kappa shape index (κ1) is 16.3. The summed E-state index contributed by atoms with van der Waals surface area (Å²) in [6.45, 7) is 2.25. The summed E-state index contributed by atoms with van der Waals surface area (Å²) in [6, 6.07) is 6.66. The number of likely N-dealkylation sites (tertiary alicyclic amines) is 1. The molecule has 2 heterocycles. The van der Waals surface area contributed by atoms with Gasteiger partial charge in [0.25, 0.3) is 5.91 Å². The van der Waals surface area contributed by atoms with E-state index < -0.39 is 18.0 Å². The van der Waals surface area contributed by atoms with E-state index in [-0.39, 0.29) is 24.3 Å². The van der Waals surface area contributed by atoms with Gasteiger partial charge >= 0.3 is 5.97 Å². The van der Waals surface area contributed by atoms with Gasteiger partial charge in [-0.1, -0.05) is 12.1 Å². The quantitative estimate of drug-likeness (QED) is 0.874. The molecule has 3 atom stereocenters. The largest absolute Gasteiger partial charge is 0.481 e. The van der Waals surface area contributed by atoms with Gasteiger partial charge in [-0.05, 0) is 31.9 Å². The van der Waals surface area contributed by atoms with Crippen LogP contribution in [0.5, 0.6) is 5.75 Å². The van der Waals surface area contributed by atoms with Crippen LogP contribution in [0.2, 0.25) is 0 Å². The summed E-state index contributed by atoms with van der Waals surface area (Å²) in [5, 5.41) is 12.0. The van der Waals surface area contributed by atoms with E-state index in [1.54, 1.807) is 36.1 Å². The average Bonchev–Trinajstić information content (AvgIpc) is 2.55. The molecule has 24 heavy (non-hydrogen) atoms. The summed E-state index contributed by atoms with van der Waals surface area (Å²) in [4.78, 5) is 37.5. The molecule has 2 aliphatic heterocycles. The van der Waals surface area contributed by atoms with E-state index in [9.17, 15) is 19.5 Å². The maximum atomic E-state index is 12.6. The van der Waals surface area contributed by atoms with E-state index in [1.165, 1.54) is 0 Å². The summed E-state index contributed by atoms with van der Waals surface area (Å²) >= 11 is 0. The molecule has 0 spiro atoms. The molecule has 2 N–H and O–H groups in total. The van der Waals surface area contributed by atoms with Gasteiger partial charge in [-0.2, -0.15) is 0 Å². The lowest BCUT2D eigenvalue weighted by atomic mass is 9.90. The molecular formula is C17H20N2O5. The second-order valence-electron chi connectivity index (χ2n) is 6.21. The van der Waals surface area contributed by atoms with Crippen molar-refractivity contribution in [2.45, 2.75) is 38.3 Å². The summed E-state index contributed by atoms with van der Waals surface area (Å²) in [7, 11) is 0. The number of hydrogen-bond donors (Lipinski definition) is 2. The Morgan fingerprint density at radius 1 is 1.38 bits per heavy atom. The zero-order chi connectivity index (χ0) is 17.3. The van der Waals surface area contributed by atoms with Crippen LogP contribution < -0.4 is 10.1 Å². The highest BCUT2D eigenvalue weighted by Crippen LogP contribution is 2.30. The Morgan fingerprint density at radius 3 is 2.88 bits per heavy atom. The smallest absolute Gasteiger partial charge is 0.308 e. The maximum Gasteiger partial charge on any atom is 0.308 e. The fourth-order valence-electron chi connectivity index (χ4n) is 3.33. The number of aliphatic carboxylic acids is 1. The van der Waals surface area contributed by atoms with Crippen molar-refractivity contribution in [3.05, 3.63) is 24.3 Å². The zero-order valence-electron chi connectivity index (χ0n) is 13.4. The molecule has 1 aromatic carbocycles. The Hall–Kier alpha value is -2.57. The van der Waals surface area contributed by atoms with Gasteiger partial charge in [-0.15, -0.1) is 0 Å². The summed E-state index contributed by atoms with van der Waals surface area (Å²) in [5.41, 5.74) is 0.587. The van der Waals surface area contributed by atoms with Gasteiger partial charge in [0, 0.05) is 12.6 Å². The number of rotatable bonds is 3. The Bertz CT molecular complexity index is 675. The number of carbonyl (C=O) groups excluding carboxylic acids is 2. The normalized spacial score (nSPS) is 26.1. The van der Waals surface area contributed by atoms with E-state index in [0.717, 1.165) is 0 Å². The average molecular weight is 332 g/mol. The second kappa shape index (κ2) is 6.51. The van der Waals surface area contributed by atoms with E-state index in [0.29, 0.717) is 30.8 Å². The number of anilines is 1. The molecule has 2 aliphatic rings. The first-order chi connectivity index (χ1) is 11.5. The van der Waals surface area contributed by atoms with Crippen LogP contribution in [0.3, 0.4) is 0 Å². The SMILES string of the molecule is C[C@@H]1[C@H](C(=O)O)CCCN1C(=O)CC1Oc2ccccc2NC1=O. The molecule has 0 aliphatic carbocycles. The molecule has 128 valence electrons. The highest BCUT2D eigenvalue weighted by Gasteiger charge is 2.38. The number of benzene rings is 1. The van der Waals surface area contributed by atoms with Gasteiger partial charge in [0.1, 0.15) is 5.75 Å². The van der Waals surface area contributed by atoms with Crippen LogP contribution in [0.25, 0.3) is 0 Å². The van der Waals surface area contributed by atoms with Crippen molar-refractivity contribution in [2.24, 2.45) is 5.92 Å². The van der Waals surface area contributed by atoms with E-state index >= 15 is 0 Å². The fraction of sp³-hybridized carbons (Fsp3) is 0.471. The number of ether oxygens (including phenoxy) is 1. The van der Waals surface area contributed by atoms with Crippen LogP contribution in [0.15, 0.2) is 24.3 Å². The van der Waals surface area contributed by atoms with Gasteiger partial charge in [0.15, 0.2) is 6.10 Å². The van der Waals surface area contributed by atoms with Crippen molar-refractivity contribution in [2.75, 3.05) is 11.9 Å².